The van der Waals surface area contributed by atoms with Crippen molar-refractivity contribution in [3.05, 3.63) is 65.7 Å². The Balaban J connectivity index is 1.72. The zero-order valence-corrected chi connectivity index (χ0v) is 16.8. The fraction of sp³-hybridized carbons (Fsp3) is 0.304. The van der Waals surface area contributed by atoms with E-state index in [-0.39, 0.29) is 0 Å². The van der Waals surface area contributed by atoms with Crippen molar-refractivity contribution < 1.29 is 14.4 Å². The van der Waals surface area contributed by atoms with Crippen LogP contribution in [0.15, 0.2) is 58.4 Å². The van der Waals surface area contributed by atoms with Gasteiger partial charge in [0.15, 0.2) is 0 Å². The first kappa shape index (κ1) is 19.4. The molecule has 3 aromatic rings. The fourth-order valence-corrected chi connectivity index (χ4v) is 3.79. The molecule has 1 aromatic carbocycles. The summed E-state index contributed by atoms with van der Waals surface area (Å²) in [6.45, 7) is 2.22. The van der Waals surface area contributed by atoms with Crippen LogP contribution in [-0.4, -0.2) is 48.1 Å². The third kappa shape index (κ3) is 4.09. The molecule has 1 aliphatic carbocycles. The van der Waals surface area contributed by atoms with Gasteiger partial charge in [-0.1, -0.05) is 17.3 Å². The smallest absolute Gasteiger partial charge is 0.142 e. The summed E-state index contributed by atoms with van der Waals surface area (Å²) in [6, 6.07) is 12.3. The molecule has 1 N–H and O–H groups in total. The molecule has 4 rings (SSSR count). The summed E-state index contributed by atoms with van der Waals surface area (Å²) < 4.78 is 11.5. The van der Waals surface area contributed by atoms with Gasteiger partial charge in [-0.2, -0.15) is 0 Å². The van der Waals surface area contributed by atoms with Crippen LogP contribution in [0.2, 0.25) is 0 Å². The number of ether oxygens (including phenoxy) is 1. The maximum absolute atomic E-state index is 9.19. The van der Waals surface area contributed by atoms with Crippen molar-refractivity contribution in [1.29, 1.82) is 0 Å². The molecule has 0 amide bonds. The quantitative estimate of drug-likeness (QED) is 0.482. The molecule has 0 spiro atoms. The molecule has 6 heteroatoms. The first-order valence-corrected chi connectivity index (χ1v) is 9.74. The van der Waals surface area contributed by atoms with Crippen LogP contribution in [0.1, 0.15) is 23.3 Å². The molecular formula is C23H25N3O3. The second-order valence-electron chi connectivity index (χ2n) is 7.34. The third-order valence-electron chi connectivity index (χ3n) is 5.31. The highest BCUT2D eigenvalue weighted by atomic mass is 16.5. The van der Waals surface area contributed by atoms with Gasteiger partial charge >= 0.3 is 0 Å². The van der Waals surface area contributed by atoms with Crippen molar-refractivity contribution in [2.75, 3.05) is 27.3 Å². The maximum atomic E-state index is 9.19. The average molecular weight is 391 g/mol. The Hall–Kier alpha value is -2.96. The second-order valence-corrected chi connectivity index (χ2v) is 7.34. The average Bonchev–Trinajstić information content (AvgIpc) is 3.36. The Morgan fingerprint density at radius 3 is 2.69 bits per heavy atom. The zero-order valence-electron chi connectivity index (χ0n) is 16.8. The Labute approximate surface area is 170 Å². The lowest BCUT2D eigenvalue weighted by Crippen LogP contribution is -2.21. The van der Waals surface area contributed by atoms with Crippen LogP contribution in [0.4, 0.5) is 0 Å². The first-order valence-electron chi connectivity index (χ1n) is 9.74. The molecule has 0 radical (unpaired) electrons. The third-order valence-corrected chi connectivity index (χ3v) is 5.31. The second kappa shape index (κ2) is 8.59. The molecular weight excluding hydrogens is 366 g/mol. The summed E-state index contributed by atoms with van der Waals surface area (Å²) in [7, 11) is 3.76. The molecule has 0 bridgehead atoms. The van der Waals surface area contributed by atoms with Crippen LogP contribution in [0.5, 0.6) is 0 Å². The Bertz CT molecular complexity index is 1010. The first-order chi connectivity index (χ1) is 14.2. The van der Waals surface area contributed by atoms with E-state index in [9.17, 15) is 5.21 Å². The van der Waals surface area contributed by atoms with E-state index in [1.165, 1.54) is 5.56 Å². The van der Waals surface area contributed by atoms with Crippen LogP contribution in [0.3, 0.4) is 0 Å². The number of nitrogens with zero attached hydrogens (tertiary/aromatic N) is 3. The minimum atomic E-state index is 0.681. The molecule has 29 heavy (non-hydrogen) atoms. The van der Waals surface area contributed by atoms with Gasteiger partial charge in [0.25, 0.3) is 0 Å². The van der Waals surface area contributed by atoms with Crippen LogP contribution < -0.4 is 0 Å². The summed E-state index contributed by atoms with van der Waals surface area (Å²) in [6.07, 6.45) is 5.23. The van der Waals surface area contributed by atoms with Gasteiger partial charge < -0.3 is 14.4 Å². The number of oxime groups is 1. The number of aryl methyl sites for hydroxylation is 1. The largest absolute Gasteiger partial charge is 0.459 e. The summed E-state index contributed by atoms with van der Waals surface area (Å²) in [5, 5.41) is 12.6. The molecule has 0 saturated heterocycles. The van der Waals surface area contributed by atoms with Crippen molar-refractivity contribution in [3.63, 3.8) is 0 Å². The van der Waals surface area contributed by atoms with E-state index < -0.39 is 0 Å². The number of benzene rings is 1. The monoisotopic (exact) mass is 391 g/mol. The summed E-state index contributed by atoms with van der Waals surface area (Å²) in [5.74, 6) is 1.76. The van der Waals surface area contributed by atoms with Crippen LogP contribution in [0.25, 0.3) is 22.5 Å². The minimum Gasteiger partial charge on any atom is -0.459 e. The molecule has 0 unspecified atom stereocenters. The van der Waals surface area contributed by atoms with Crippen molar-refractivity contribution in [1.82, 2.24) is 9.88 Å². The lowest BCUT2D eigenvalue weighted by molar-refractivity contribution is 0.155. The van der Waals surface area contributed by atoms with Gasteiger partial charge in [0.2, 0.25) is 0 Å². The lowest BCUT2D eigenvalue weighted by Gasteiger charge is -2.13. The SMILES string of the molecule is COCCN(C)Cc1cc(-c2ccncc2)c(-c2ccc3c(c2)CC/C3=N\O)o1. The van der Waals surface area contributed by atoms with Crippen LogP contribution in [-0.2, 0) is 17.7 Å². The van der Waals surface area contributed by atoms with Gasteiger partial charge in [0, 0.05) is 42.7 Å². The van der Waals surface area contributed by atoms with Crippen molar-refractivity contribution in [2.45, 2.75) is 19.4 Å². The minimum absolute atomic E-state index is 0.681. The molecule has 0 aliphatic heterocycles. The highest BCUT2D eigenvalue weighted by molar-refractivity contribution is 6.04. The van der Waals surface area contributed by atoms with E-state index in [1.807, 2.05) is 24.3 Å². The molecule has 0 saturated carbocycles. The highest BCUT2D eigenvalue weighted by Gasteiger charge is 2.21. The number of likely N-dealkylation sites (N-methyl/N-ethyl adjacent to an activating group) is 1. The van der Waals surface area contributed by atoms with E-state index in [1.54, 1.807) is 19.5 Å². The topological polar surface area (TPSA) is 71.1 Å². The number of furan rings is 1. The molecule has 0 atom stereocenters. The molecule has 0 fully saturated rings. The molecule has 150 valence electrons. The number of hydrogen-bond donors (Lipinski definition) is 1. The van der Waals surface area contributed by atoms with E-state index in [2.05, 4.69) is 34.2 Å². The maximum Gasteiger partial charge on any atom is 0.142 e. The number of hydrogen-bond acceptors (Lipinski definition) is 6. The predicted molar refractivity (Wildman–Crippen MR) is 112 cm³/mol. The number of aromatic nitrogens is 1. The molecule has 2 aromatic heterocycles. The van der Waals surface area contributed by atoms with Gasteiger partial charge in [0.05, 0.1) is 18.9 Å². The fourth-order valence-electron chi connectivity index (χ4n) is 3.79. The van der Waals surface area contributed by atoms with Crippen molar-refractivity contribution in [2.24, 2.45) is 5.16 Å². The summed E-state index contributed by atoms with van der Waals surface area (Å²) >= 11 is 0. The van der Waals surface area contributed by atoms with Gasteiger partial charge in [-0.15, -0.1) is 0 Å². The van der Waals surface area contributed by atoms with E-state index in [4.69, 9.17) is 9.15 Å². The predicted octanol–water partition coefficient (Wildman–Crippen LogP) is 4.21. The van der Waals surface area contributed by atoms with Crippen LogP contribution in [0, 0.1) is 0 Å². The summed E-state index contributed by atoms with van der Waals surface area (Å²) in [5.41, 5.74) is 6.11. The van der Waals surface area contributed by atoms with Gasteiger partial charge in [-0.25, -0.2) is 0 Å². The molecule has 1 aliphatic rings. The number of pyridine rings is 1. The lowest BCUT2D eigenvalue weighted by atomic mass is 9.99. The van der Waals surface area contributed by atoms with E-state index in [0.29, 0.717) is 13.2 Å². The van der Waals surface area contributed by atoms with E-state index >= 15 is 0 Å². The Morgan fingerprint density at radius 1 is 1.10 bits per heavy atom. The van der Waals surface area contributed by atoms with Crippen molar-refractivity contribution >= 4 is 5.71 Å². The van der Waals surface area contributed by atoms with Crippen molar-refractivity contribution in [3.8, 4) is 22.5 Å². The van der Waals surface area contributed by atoms with Crippen LogP contribution >= 0.6 is 0 Å². The van der Waals surface area contributed by atoms with Gasteiger partial charge in [-0.3, -0.25) is 9.88 Å². The number of methoxy groups -OCH3 is 1. The zero-order chi connectivity index (χ0) is 20.2. The summed E-state index contributed by atoms with van der Waals surface area (Å²) in [4.78, 5) is 6.31. The Morgan fingerprint density at radius 2 is 1.93 bits per heavy atom. The van der Waals surface area contributed by atoms with Gasteiger partial charge in [-0.05, 0) is 55.3 Å². The molecule has 2 heterocycles. The number of rotatable bonds is 7. The van der Waals surface area contributed by atoms with E-state index in [0.717, 1.165) is 58.9 Å². The normalized spacial score (nSPS) is 14.7. The molecule has 6 nitrogen and oxygen atoms in total. The number of fused-ring (bicyclic) bond motifs is 1. The van der Waals surface area contributed by atoms with Gasteiger partial charge in [0.1, 0.15) is 11.5 Å². The highest BCUT2D eigenvalue weighted by Crippen LogP contribution is 2.37. The Kier molecular flexibility index (Phi) is 5.74. The standard InChI is InChI=1S/C23H25N3O3/c1-26(11-12-28-2)15-19-14-21(16-7-9-24-10-8-16)23(29-19)18-3-5-20-17(13-18)4-6-22(20)25-27/h3,5,7-10,13-14,27H,4,6,11-12,15H2,1-2H3/b25-22+.